The normalized spacial score (nSPS) is 23.1. The van der Waals surface area contributed by atoms with Crippen molar-refractivity contribution in [1.29, 1.82) is 0 Å². The van der Waals surface area contributed by atoms with E-state index in [2.05, 4.69) is 64.9 Å². The topological polar surface area (TPSA) is 146 Å². The molecule has 5 aliphatic rings. The van der Waals surface area contributed by atoms with Crippen LogP contribution in [-0.2, 0) is 35.8 Å². The Bertz CT molecular complexity index is 3030. The second-order valence-electron chi connectivity index (χ2n) is 19.2. The van der Waals surface area contributed by atoms with Crippen LogP contribution in [0.3, 0.4) is 0 Å². The minimum absolute atomic E-state index is 0.128. The van der Waals surface area contributed by atoms with Gasteiger partial charge in [-0.3, -0.25) is 19.4 Å². The zero-order valence-corrected chi connectivity index (χ0v) is 37.8. The van der Waals surface area contributed by atoms with Crippen LogP contribution in [0.1, 0.15) is 79.4 Å². The molecule has 14 heteroatoms. The quantitative estimate of drug-likeness (QED) is 0.123. The van der Waals surface area contributed by atoms with Crippen molar-refractivity contribution >= 4 is 46.3 Å². The number of aromatic nitrogens is 2. The molecule has 0 radical (unpaired) electrons. The van der Waals surface area contributed by atoms with E-state index in [1.165, 1.54) is 50.6 Å². The van der Waals surface area contributed by atoms with Crippen molar-refractivity contribution in [1.82, 2.24) is 25.1 Å². The van der Waals surface area contributed by atoms with Gasteiger partial charge in [-0.25, -0.2) is 18.6 Å². The lowest BCUT2D eigenvalue weighted by Gasteiger charge is -2.41. The van der Waals surface area contributed by atoms with Gasteiger partial charge < -0.3 is 29.6 Å². The van der Waals surface area contributed by atoms with Crippen LogP contribution < -0.4 is 5.32 Å². The fourth-order valence-electron chi connectivity index (χ4n) is 12.0. The lowest BCUT2D eigenvalue weighted by atomic mass is 9.85. The van der Waals surface area contributed by atoms with Gasteiger partial charge in [-0.1, -0.05) is 60.7 Å². The number of aliphatic imine (C=N–C) groups is 1. The zero-order chi connectivity index (χ0) is 46.9. The number of hydrogen-bond acceptors (Lipinski definition) is 8. The fraction of sp³-hybridized carbons (Fsp3) is 0.333. The van der Waals surface area contributed by atoms with Gasteiger partial charge in [0.15, 0.2) is 0 Å². The van der Waals surface area contributed by atoms with E-state index in [0.717, 1.165) is 88.8 Å². The van der Waals surface area contributed by atoms with E-state index >= 15 is 0 Å². The van der Waals surface area contributed by atoms with E-state index in [1.807, 2.05) is 15.9 Å². The molecule has 3 aliphatic heterocycles. The van der Waals surface area contributed by atoms with E-state index < -0.39 is 46.7 Å². The van der Waals surface area contributed by atoms with Crippen molar-refractivity contribution in [3.05, 3.63) is 143 Å². The van der Waals surface area contributed by atoms with E-state index in [4.69, 9.17) is 19.5 Å². The number of nitrogens with zero attached hydrogens (tertiary/aromatic N) is 4. The van der Waals surface area contributed by atoms with Crippen LogP contribution in [0.25, 0.3) is 33.3 Å². The predicted molar refractivity (Wildman–Crippen MR) is 251 cm³/mol. The number of alkyl carbamates (subject to hydrolysis) is 1. The third-order valence-corrected chi connectivity index (χ3v) is 15.4. The average molecular weight is 917 g/mol. The monoisotopic (exact) mass is 916 g/mol. The Morgan fingerprint density at radius 1 is 0.721 bits per heavy atom. The molecule has 4 heterocycles. The van der Waals surface area contributed by atoms with Gasteiger partial charge in [-0.15, -0.1) is 0 Å². The molecule has 11 rings (SSSR count). The van der Waals surface area contributed by atoms with E-state index in [0.29, 0.717) is 42.4 Å². The lowest BCUT2D eigenvalue weighted by Crippen LogP contribution is -2.55. The highest BCUT2D eigenvalue weighted by atomic mass is 19.1. The first kappa shape index (κ1) is 43.4. The Morgan fingerprint density at radius 3 is 1.94 bits per heavy atom. The molecule has 2 N–H and O–H groups in total. The molecule has 4 bridgehead atoms. The third kappa shape index (κ3) is 7.41. The number of benzene rings is 5. The number of rotatable bonds is 11. The molecule has 6 atom stereocenters. The summed E-state index contributed by atoms with van der Waals surface area (Å²) in [6.45, 7) is 1.12. The molecular formula is C54H50F2N6O6. The maximum absolute atomic E-state index is 14.5. The summed E-state index contributed by atoms with van der Waals surface area (Å²) in [7, 11) is 2.55. The van der Waals surface area contributed by atoms with Crippen LogP contribution in [0.15, 0.2) is 114 Å². The van der Waals surface area contributed by atoms with Crippen molar-refractivity contribution in [2.75, 3.05) is 27.3 Å². The number of carbonyl (C=O) groups is 4. The van der Waals surface area contributed by atoms with Crippen molar-refractivity contribution < 1.29 is 37.4 Å². The Morgan fingerprint density at radius 2 is 1.31 bits per heavy atom. The van der Waals surface area contributed by atoms with Crippen LogP contribution in [0.2, 0.25) is 0 Å². The molecule has 6 aromatic rings. The second kappa shape index (κ2) is 16.8. The van der Waals surface area contributed by atoms with Crippen LogP contribution in [-0.4, -0.2) is 82.2 Å². The molecule has 3 amide bonds. The summed E-state index contributed by atoms with van der Waals surface area (Å²) >= 11 is 0. The number of piperidine rings is 2. The van der Waals surface area contributed by atoms with E-state index in [9.17, 15) is 28.0 Å². The largest absolute Gasteiger partial charge is 0.469 e. The Hall–Kier alpha value is -7.22. The molecular weight excluding hydrogens is 867 g/mol. The highest BCUT2D eigenvalue weighted by Gasteiger charge is 2.58. The summed E-state index contributed by atoms with van der Waals surface area (Å²) < 4.78 is 37.7. The number of H-pyrrole nitrogens is 1. The highest BCUT2D eigenvalue weighted by molar-refractivity contribution is 6.05. The molecule has 12 nitrogen and oxygen atoms in total. The molecule has 4 unspecified atom stereocenters. The smallest absolute Gasteiger partial charge is 0.407 e. The number of fused-ring (bicyclic) bond motifs is 6. The van der Waals surface area contributed by atoms with Crippen LogP contribution in [0.4, 0.5) is 19.3 Å². The van der Waals surface area contributed by atoms with Crippen LogP contribution in [0, 0.1) is 23.5 Å². The van der Waals surface area contributed by atoms with Crippen molar-refractivity contribution in [2.24, 2.45) is 16.8 Å². The highest BCUT2D eigenvalue weighted by Crippen LogP contribution is 2.54. The van der Waals surface area contributed by atoms with Crippen molar-refractivity contribution in [2.45, 2.75) is 74.4 Å². The number of nitrogens with one attached hydrogen (secondary N) is 2. The van der Waals surface area contributed by atoms with E-state index in [1.54, 1.807) is 12.1 Å². The van der Waals surface area contributed by atoms with Gasteiger partial charge in [0.1, 0.15) is 29.0 Å². The SMILES string of the molecule is COC(=O)C[C@H](C(=O)N1CC2CCC1(C1=Nc3ccc(-c4ccc(-c5ccc6nc(C78CCC(CN7C(=O)[C@@H](NC(=O)OC)c7ccc(F)cc7)C8)[nH]c6c5)cc4)cc3C1)C2)c1ccc(F)cc1. The maximum Gasteiger partial charge on any atom is 0.407 e. The zero-order valence-electron chi connectivity index (χ0n) is 37.8. The number of likely N-dealkylation sites (tertiary alicyclic amines) is 2. The first-order valence-electron chi connectivity index (χ1n) is 23.3. The Kier molecular flexibility index (Phi) is 10.7. The van der Waals surface area contributed by atoms with Crippen molar-refractivity contribution in [3.63, 3.8) is 0 Å². The Labute approximate surface area is 391 Å². The standard InChI is InChI=1S/C54H50F2N6O6/c1-67-47(63)26-42(35-7-13-40(55)14-8-35)49(64)61-29-31-19-21-53(61,27-31)46-25-39-23-37(11-17-43(39)57-46)33-3-5-34(6-4-33)38-12-18-44-45(24-38)59-51(58-44)54-22-20-32(28-54)30-62(54)50(65)48(60-52(66)68-2)36-9-15-41(56)16-10-36/h3-18,23-24,31-32,42,48H,19-22,25-30H2,1-2H3,(H,58,59)(H,60,66)/t31?,32?,42-,48-,53?,54?/m0/s1. The van der Waals surface area contributed by atoms with Gasteiger partial charge in [0.05, 0.1) is 48.8 Å². The third-order valence-electron chi connectivity index (χ3n) is 15.4. The molecule has 2 saturated carbocycles. The Balaban J connectivity index is 0.810. The summed E-state index contributed by atoms with van der Waals surface area (Å²) in [6.07, 6.45) is 4.79. The summed E-state index contributed by atoms with van der Waals surface area (Å²) in [6, 6.07) is 31.2. The number of halogens is 2. The molecule has 68 heavy (non-hydrogen) atoms. The number of esters is 1. The van der Waals surface area contributed by atoms with Gasteiger partial charge >= 0.3 is 12.1 Å². The van der Waals surface area contributed by atoms with Gasteiger partial charge in [0, 0.05) is 25.2 Å². The van der Waals surface area contributed by atoms with Gasteiger partial charge in [-0.2, -0.15) is 0 Å². The molecule has 2 saturated heterocycles. The average Bonchev–Trinajstić information content (AvgIpc) is 4.24. The molecule has 2 aliphatic carbocycles. The summed E-state index contributed by atoms with van der Waals surface area (Å²) in [4.78, 5) is 71.5. The number of aromatic amines is 1. The number of methoxy groups -OCH3 is 2. The van der Waals surface area contributed by atoms with Crippen LogP contribution >= 0.6 is 0 Å². The predicted octanol–water partition coefficient (Wildman–Crippen LogP) is 9.47. The number of carbonyl (C=O) groups excluding carboxylic acids is 4. The molecule has 346 valence electrons. The summed E-state index contributed by atoms with van der Waals surface area (Å²) in [5.41, 5.74) is 8.57. The first-order valence-corrected chi connectivity index (χ1v) is 23.3. The number of hydrogen-bond donors (Lipinski definition) is 2. The minimum atomic E-state index is -1.06. The second-order valence-corrected chi connectivity index (χ2v) is 19.2. The minimum Gasteiger partial charge on any atom is -0.469 e. The van der Waals surface area contributed by atoms with Gasteiger partial charge in [0.25, 0.3) is 5.91 Å². The molecule has 4 fully saturated rings. The summed E-state index contributed by atoms with van der Waals surface area (Å²) in [5.74, 6) is -1.25. The van der Waals surface area contributed by atoms with Crippen molar-refractivity contribution in [3.8, 4) is 22.3 Å². The molecule has 5 aromatic carbocycles. The molecule has 0 spiro atoms. The fourth-order valence-corrected chi connectivity index (χ4v) is 12.0. The molecule has 1 aromatic heterocycles. The number of ether oxygens (including phenoxy) is 2. The summed E-state index contributed by atoms with van der Waals surface area (Å²) in [5, 5.41) is 2.68. The van der Waals surface area contributed by atoms with E-state index in [-0.39, 0.29) is 24.2 Å². The first-order chi connectivity index (χ1) is 32.9. The number of imidazole rings is 1. The van der Waals surface area contributed by atoms with Crippen LogP contribution in [0.5, 0.6) is 0 Å². The maximum atomic E-state index is 14.5. The van der Waals surface area contributed by atoms with Gasteiger partial charge in [0.2, 0.25) is 5.91 Å². The lowest BCUT2D eigenvalue weighted by molar-refractivity contribution is -0.145. The van der Waals surface area contributed by atoms with Gasteiger partial charge in [-0.05, 0) is 138 Å². The number of amides is 3.